The number of nitrogens with two attached hydrogens (primary N) is 2. The molecule has 0 aromatic heterocycles. The Labute approximate surface area is 229 Å². The van der Waals surface area contributed by atoms with Crippen LogP contribution in [-0.4, -0.2) is 30.3 Å². The predicted octanol–water partition coefficient (Wildman–Crippen LogP) is 4.44. The fourth-order valence-electron chi connectivity index (χ4n) is 4.65. The van der Waals surface area contributed by atoms with Crippen molar-refractivity contribution in [1.82, 2.24) is 5.32 Å². The van der Waals surface area contributed by atoms with Gasteiger partial charge in [-0.15, -0.1) is 0 Å². The largest absolute Gasteiger partial charge is 0.327 e. The summed E-state index contributed by atoms with van der Waals surface area (Å²) in [5.74, 6) is -2.14. The van der Waals surface area contributed by atoms with E-state index in [0.717, 1.165) is 18.4 Å². The first-order valence-electron chi connectivity index (χ1n) is 13.2. The maximum Gasteiger partial charge on any atom is 0.245 e. The quantitative estimate of drug-likeness (QED) is 0.303. The first-order valence-corrected chi connectivity index (χ1v) is 13.2. The van der Waals surface area contributed by atoms with E-state index >= 15 is 0 Å². The molecule has 0 bridgehead atoms. The molecule has 0 saturated heterocycles. The molecule has 0 spiro atoms. The number of hydrogen-bond donors (Lipinski definition) is 3. The highest BCUT2D eigenvalue weighted by Crippen LogP contribution is 2.24. The SMILES string of the molecule is NC(CCc1ccccc1)CNC(CC(N)c1ccccc1)C(=O)[C@@H]1C=CC=CN(c2ccc(F)cc2)C1=O. The molecule has 7 heteroatoms. The van der Waals surface area contributed by atoms with E-state index in [9.17, 15) is 14.0 Å². The van der Waals surface area contributed by atoms with Crippen molar-refractivity contribution < 1.29 is 14.0 Å². The van der Waals surface area contributed by atoms with Gasteiger partial charge >= 0.3 is 0 Å². The van der Waals surface area contributed by atoms with Crippen molar-refractivity contribution in [1.29, 1.82) is 0 Å². The summed E-state index contributed by atoms with van der Waals surface area (Å²) in [7, 11) is 0. The topological polar surface area (TPSA) is 101 Å². The summed E-state index contributed by atoms with van der Waals surface area (Å²) in [6.07, 6.45) is 8.42. The number of carbonyl (C=O) groups is 2. The maximum absolute atomic E-state index is 13.9. The zero-order chi connectivity index (χ0) is 27.6. The van der Waals surface area contributed by atoms with Crippen LogP contribution in [0.1, 0.15) is 30.0 Å². The molecule has 4 atom stereocenters. The zero-order valence-corrected chi connectivity index (χ0v) is 21.8. The monoisotopic (exact) mass is 526 g/mol. The molecule has 3 aromatic carbocycles. The number of Topliss-reactive ketones (excluding diaryl/α,β-unsaturated/α-hetero) is 1. The van der Waals surface area contributed by atoms with Crippen LogP contribution in [0.15, 0.2) is 109 Å². The number of allylic oxidation sites excluding steroid dienone is 2. The van der Waals surface area contributed by atoms with E-state index in [1.54, 1.807) is 24.4 Å². The summed E-state index contributed by atoms with van der Waals surface area (Å²) >= 11 is 0. The molecule has 0 radical (unpaired) electrons. The van der Waals surface area contributed by atoms with Gasteiger partial charge in [-0.3, -0.25) is 14.5 Å². The minimum absolute atomic E-state index is 0.189. The molecule has 0 saturated carbocycles. The lowest BCUT2D eigenvalue weighted by Crippen LogP contribution is -2.49. The highest BCUT2D eigenvalue weighted by molar-refractivity contribution is 6.12. The van der Waals surface area contributed by atoms with Crippen LogP contribution in [0.2, 0.25) is 0 Å². The number of amides is 1. The molecule has 1 aliphatic rings. The molecular weight excluding hydrogens is 491 g/mol. The lowest BCUT2D eigenvalue weighted by molar-refractivity contribution is -0.131. The Kier molecular flexibility index (Phi) is 9.91. The molecular formula is C32H35FN4O2. The highest BCUT2D eigenvalue weighted by atomic mass is 19.1. The average Bonchev–Trinajstić information content (AvgIpc) is 3.16. The van der Waals surface area contributed by atoms with Gasteiger partial charge < -0.3 is 16.8 Å². The van der Waals surface area contributed by atoms with Crippen LogP contribution in [0.3, 0.4) is 0 Å². The van der Waals surface area contributed by atoms with Crippen molar-refractivity contribution in [2.45, 2.75) is 37.4 Å². The number of ketones is 1. The Bertz CT molecular complexity index is 1280. The number of anilines is 1. The van der Waals surface area contributed by atoms with Gasteiger partial charge in [0.25, 0.3) is 0 Å². The van der Waals surface area contributed by atoms with E-state index in [2.05, 4.69) is 17.4 Å². The predicted molar refractivity (Wildman–Crippen MR) is 153 cm³/mol. The van der Waals surface area contributed by atoms with Crippen molar-refractivity contribution in [3.8, 4) is 0 Å². The molecule has 3 unspecified atom stereocenters. The van der Waals surface area contributed by atoms with E-state index in [-0.39, 0.29) is 11.8 Å². The molecule has 39 heavy (non-hydrogen) atoms. The van der Waals surface area contributed by atoms with Gasteiger partial charge in [-0.1, -0.05) is 72.8 Å². The molecule has 6 nitrogen and oxygen atoms in total. The number of benzene rings is 3. The third-order valence-electron chi connectivity index (χ3n) is 6.90. The molecule has 5 N–H and O–H groups in total. The third-order valence-corrected chi connectivity index (χ3v) is 6.90. The molecule has 1 aliphatic heterocycles. The van der Waals surface area contributed by atoms with Crippen molar-refractivity contribution >= 4 is 17.4 Å². The first kappa shape index (κ1) is 28.1. The van der Waals surface area contributed by atoms with E-state index in [0.29, 0.717) is 18.7 Å². The Morgan fingerprint density at radius 2 is 1.59 bits per heavy atom. The lowest BCUT2D eigenvalue weighted by atomic mass is 9.90. The Morgan fingerprint density at radius 3 is 2.28 bits per heavy atom. The van der Waals surface area contributed by atoms with Gasteiger partial charge in [-0.05, 0) is 60.7 Å². The summed E-state index contributed by atoms with van der Waals surface area (Å²) in [5, 5.41) is 3.33. The third kappa shape index (κ3) is 7.80. The minimum atomic E-state index is -1.04. The van der Waals surface area contributed by atoms with Crippen molar-refractivity contribution in [2.75, 3.05) is 11.4 Å². The smallest absolute Gasteiger partial charge is 0.245 e. The Hall–Kier alpha value is -3.91. The fraction of sp³-hybridized carbons (Fsp3) is 0.250. The normalized spacial score (nSPS) is 17.5. The molecule has 202 valence electrons. The standard InChI is InChI=1S/C32H35FN4O2/c33-25-15-18-27(19-16-25)37-20-8-7-13-28(32(37)39)31(38)30(21-29(35)24-11-5-2-6-12-24)36-22-26(34)17-14-23-9-3-1-4-10-23/h1-13,15-16,18-20,26,28-30,36H,14,17,21-22,34-35H2/t26?,28-,29?,30?/m0/s1. The molecule has 4 rings (SSSR count). The van der Waals surface area contributed by atoms with Crippen LogP contribution in [0.25, 0.3) is 0 Å². The second-order valence-electron chi connectivity index (χ2n) is 9.79. The van der Waals surface area contributed by atoms with E-state index < -0.39 is 29.7 Å². The van der Waals surface area contributed by atoms with Crippen LogP contribution in [-0.2, 0) is 16.0 Å². The number of rotatable bonds is 12. The van der Waals surface area contributed by atoms with Crippen molar-refractivity contribution in [2.24, 2.45) is 17.4 Å². The van der Waals surface area contributed by atoms with Crippen LogP contribution in [0.4, 0.5) is 10.1 Å². The van der Waals surface area contributed by atoms with Gasteiger partial charge in [0.2, 0.25) is 5.91 Å². The van der Waals surface area contributed by atoms with E-state index in [1.165, 1.54) is 34.7 Å². The van der Waals surface area contributed by atoms with Gasteiger partial charge in [-0.25, -0.2) is 4.39 Å². The van der Waals surface area contributed by atoms with Crippen LogP contribution >= 0.6 is 0 Å². The lowest BCUT2D eigenvalue weighted by Gasteiger charge is -2.27. The summed E-state index contributed by atoms with van der Waals surface area (Å²) in [6, 6.07) is 24.0. The van der Waals surface area contributed by atoms with Gasteiger partial charge in [-0.2, -0.15) is 0 Å². The first-order chi connectivity index (χ1) is 18.9. The van der Waals surface area contributed by atoms with Crippen LogP contribution in [0, 0.1) is 11.7 Å². The van der Waals surface area contributed by atoms with Crippen molar-refractivity contribution in [3.63, 3.8) is 0 Å². The molecule has 0 fully saturated rings. The molecule has 1 amide bonds. The van der Waals surface area contributed by atoms with Crippen LogP contribution in [0.5, 0.6) is 0 Å². The molecule has 1 heterocycles. The van der Waals surface area contributed by atoms with E-state index in [1.807, 2.05) is 48.5 Å². The summed E-state index contributed by atoms with van der Waals surface area (Å²) in [6.45, 7) is 0.398. The highest BCUT2D eigenvalue weighted by Gasteiger charge is 2.35. The average molecular weight is 527 g/mol. The molecule has 3 aromatic rings. The number of carbonyl (C=O) groups excluding carboxylic acids is 2. The van der Waals surface area contributed by atoms with Gasteiger partial charge in [0.1, 0.15) is 11.7 Å². The summed E-state index contributed by atoms with van der Waals surface area (Å²) < 4.78 is 13.5. The second-order valence-corrected chi connectivity index (χ2v) is 9.79. The minimum Gasteiger partial charge on any atom is -0.327 e. The Morgan fingerprint density at radius 1 is 0.923 bits per heavy atom. The van der Waals surface area contributed by atoms with Crippen LogP contribution < -0.4 is 21.7 Å². The van der Waals surface area contributed by atoms with Gasteiger partial charge in [0.15, 0.2) is 5.78 Å². The van der Waals surface area contributed by atoms with Crippen molar-refractivity contribution in [3.05, 3.63) is 126 Å². The fourth-order valence-corrected chi connectivity index (χ4v) is 4.65. The number of aryl methyl sites for hydroxylation is 1. The maximum atomic E-state index is 13.9. The zero-order valence-electron chi connectivity index (χ0n) is 21.8. The second kappa shape index (κ2) is 13.8. The van der Waals surface area contributed by atoms with Gasteiger partial charge in [0, 0.05) is 30.5 Å². The number of halogens is 1. The Balaban J connectivity index is 1.49. The number of hydrogen-bond acceptors (Lipinski definition) is 5. The number of nitrogens with zero attached hydrogens (tertiary/aromatic N) is 1. The molecule has 0 aliphatic carbocycles. The number of nitrogens with one attached hydrogen (secondary N) is 1. The van der Waals surface area contributed by atoms with E-state index in [4.69, 9.17) is 11.5 Å². The summed E-state index contributed by atoms with van der Waals surface area (Å²) in [5.41, 5.74) is 15.5. The summed E-state index contributed by atoms with van der Waals surface area (Å²) in [4.78, 5) is 28.8. The van der Waals surface area contributed by atoms with Gasteiger partial charge in [0.05, 0.1) is 6.04 Å².